The first-order chi connectivity index (χ1) is 5.65. The molecular weight excluding hydrogens is 234 g/mol. The van der Waals surface area contributed by atoms with Crippen LogP contribution in [0, 0.1) is 6.92 Å². The van der Waals surface area contributed by atoms with Crippen LogP contribution in [0.15, 0.2) is 9.85 Å². The van der Waals surface area contributed by atoms with Crippen molar-refractivity contribution in [1.29, 1.82) is 0 Å². The molecule has 1 atom stereocenters. The van der Waals surface area contributed by atoms with E-state index in [0.29, 0.717) is 6.04 Å². The van der Waals surface area contributed by atoms with Gasteiger partial charge in [-0.25, -0.2) is 0 Å². The van der Waals surface area contributed by atoms with E-state index in [-0.39, 0.29) is 0 Å². The van der Waals surface area contributed by atoms with E-state index in [2.05, 4.69) is 48.1 Å². The number of aryl methyl sites for hydroxylation is 1. The van der Waals surface area contributed by atoms with E-state index in [0.717, 1.165) is 6.54 Å². The van der Waals surface area contributed by atoms with E-state index in [1.807, 2.05) is 11.3 Å². The predicted octanol–water partition coefficient (Wildman–Crippen LogP) is 3.49. The van der Waals surface area contributed by atoms with E-state index in [4.69, 9.17) is 0 Å². The molecule has 12 heavy (non-hydrogen) atoms. The van der Waals surface area contributed by atoms with E-state index >= 15 is 0 Å². The summed E-state index contributed by atoms with van der Waals surface area (Å²) in [6.07, 6.45) is 0. The van der Waals surface area contributed by atoms with Crippen LogP contribution in [0.4, 0.5) is 0 Å². The molecule has 0 radical (unpaired) electrons. The average molecular weight is 248 g/mol. The third-order valence-corrected chi connectivity index (χ3v) is 4.13. The van der Waals surface area contributed by atoms with Crippen LogP contribution in [0.5, 0.6) is 0 Å². The first-order valence-corrected chi connectivity index (χ1v) is 5.75. The lowest BCUT2D eigenvalue weighted by atomic mass is 10.2. The van der Waals surface area contributed by atoms with Gasteiger partial charge in [0.1, 0.15) is 0 Å². The SMILES string of the molecule is CCNC(C)c1cc(C)c(Br)s1. The van der Waals surface area contributed by atoms with Gasteiger partial charge in [-0.15, -0.1) is 11.3 Å². The van der Waals surface area contributed by atoms with Gasteiger partial charge in [0.25, 0.3) is 0 Å². The normalized spacial score (nSPS) is 13.3. The molecule has 1 unspecified atom stereocenters. The van der Waals surface area contributed by atoms with Crippen LogP contribution in [0.1, 0.15) is 30.3 Å². The second-order valence-electron chi connectivity index (χ2n) is 2.88. The Morgan fingerprint density at radius 1 is 1.67 bits per heavy atom. The van der Waals surface area contributed by atoms with Crippen molar-refractivity contribution in [2.75, 3.05) is 6.54 Å². The van der Waals surface area contributed by atoms with Crippen LogP contribution in [-0.2, 0) is 0 Å². The molecular formula is C9H14BrNS. The van der Waals surface area contributed by atoms with E-state index in [1.165, 1.54) is 14.2 Å². The molecule has 0 aromatic carbocycles. The van der Waals surface area contributed by atoms with Gasteiger partial charge < -0.3 is 5.32 Å². The fraction of sp³-hybridized carbons (Fsp3) is 0.556. The topological polar surface area (TPSA) is 12.0 Å². The molecule has 0 spiro atoms. The number of halogens is 1. The van der Waals surface area contributed by atoms with E-state index < -0.39 is 0 Å². The zero-order chi connectivity index (χ0) is 9.14. The Bertz CT molecular complexity index is 238. The second kappa shape index (κ2) is 4.40. The van der Waals surface area contributed by atoms with Gasteiger partial charge in [0.05, 0.1) is 3.79 Å². The Morgan fingerprint density at radius 3 is 2.75 bits per heavy atom. The second-order valence-corrected chi connectivity index (χ2v) is 5.29. The lowest BCUT2D eigenvalue weighted by Gasteiger charge is -2.08. The number of nitrogens with one attached hydrogen (secondary N) is 1. The Hall–Kier alpha value is 0.140. The minimum atomic E-state index is 0.477. The van der Waals surface area contributed by atoms with Crippen LogP contribution in [0.2, 0.25) is 0 Å². The zero-order valence-corrected chi connectivity index (χ0v) is 10.1. The minimum Gasteiger partial charge on any atom is -0.310 e. The molecule has 1 heterocycles. The maximum atomic E-state index is 3.53. The monoisotopic (exact) mass is 247 g/mol. The maximum Gasteiger partial charge on any atom is 0.0731 e. The largest absolute Gasteiger partial charge is 0.310 e. The molecule has 0 saturated heterocycles. The van der Waals surface area contributed by atoms with Crippen molar-refractivity contribution in [3.63, 3.8) is 0 Å². The quantitative estimate of drug-likeness (QED) is 0.863. The first-order valence-electron chi connectivity index (χ1n) is 4.14. The molecule has 0 aliphatic rings. The summed E-state index contributed by atoms with van der Waals surface area (Å²) < 4.78 is 1.25. The van der Waals surface area contributed by atoms with Crippen molar-refractivity contribution in [3.8, 4) is 0 Å². The van der Waals surface area contributed by atoms with Crippen molar-refractivity contribution in [3.05, 3.63) is 20.3 Å². The Balaban J connectivity index is 2.74. The van der Waals surface area contributed by atoms with Crippen LogP contribution >= 0.6 is 27.3 Å². The molecule has 0 saturated carbocycles. The lowest BCUT2D eigenvalue weighted by Crippen LogP contribution is -2.16. The standard InChI is InChI=1S/C9H14BrNS/c1-4-11-7(3)8-5-6(2)9(10)12-8/h5,7,11H,4H2,1-3H3. The number of rotatable bonds is 3. The molecule has 0 bridgehead atoms. The highest BCUT2D eigenvalue weighted by Crippen LogP contribution is 2.30. The predicted molar refractivity (Wildman–Crippen MR) is 58.8 cm³/mol. The molecule has 1 rings (SSSR count). The van der Waals surface area contributed by atoms with Crippen molar-refractivity contribution < 1.29 is 0 Å². The highest BCUT2D eigenvalue weighted by atomic mass is 79.9. The van der Waals surface area contributed by atoms with Crippen molar-refractivity contribution in [1.82, 2.24) is 5.32 Å². The smallest absolute Gasteiger partial charge is 0.0731 e. The third kappa shape index (κ3) is 2.31. The molecule has 0 aliphatic carbocycles. The van der Waals surface area contributed by atoms with Crippen LogP contribution in [-0.4, -0.2) is 6.54 Å². The average Bonchev–Trinajstić information content (AvgIpc) is 2.33. The van der Waals surface area contributed by atoms with Crippen LogP contribution < -0.4 is 5.32 Å². The summed E-state index contributed by atoms with van der Waals surface area (Å²) >= 11 is 5.34. The lowest BCUT2D eigenvalue weighted by molar-refractivity contribution is 0.607. The summed E-state index contributed by atoms with van der Waals surface area (Å²) in [6, 6.07) is 2.72. The molecule has 68 valence electrons. The summed E-state index contributed by atoms with van der Waals surface area (Å²) in [4.78, 5) is 1.40. The Labute approximate surface area is 86.3 Å². The first kappa shape index (κ1) is 10.2. The summed E-state index contributed by atoms with van der Waals surface area (Å²) in [6.45, 7) is 7.48. The van der Waals surface area contributed by atoms with Gasteiger partial charge in [-0.1, -0.05) is 6.92 Å². The summed E-state index contributed by atoms with van der Waals surface area (Å²) in [5.41, 5.74) is 1.33. The van der Waals surface area contributed by atoms with Gasteiger partial charge in [-0.05, 0) is 48.0 Å². The van der Waals surface area contributed by atoms with Crippen molar-refractivity contribution >= 4 is 27.3 Å². The fourth-order valence-electron chi connectivity index (χ4n) is 1.10. The molecule has 0 amide bonds. The molecule has 1 N–H and O–H groups in total. The highest BCUT2D eigenvalue weighted by Gasteiger charge is 2.08. The van der Waals surface area contributed by atoms with Gasteiger partial charge in [-0.2, -0.15) is 0 Å². The Morgan fingerprint density at radius 2 is 2.33 bits per heavy atom. The van der Waals surface area contributed by atoms with Crippen LogP contribution in [0.3, 0.4) is 0 Å². The van der Waals surface area contributed by atoms with E-state index in [1.54, 1.807) is 0 Å². The van der Waals surface area contributed by atoms with Gasteiger partial charge in [0, 0.05) is 10.9 Å². The van der Waals surface area contributed by atoms with Crippen LogP contribution in [0.25, 0.3) is 0 Å². The number of hydrogen-bond donors (Lipinski definition) is 1. The highest BCUT2D eigenvalue weighted by molar-refractivity contribution is 9.11. The van der Waals surface area contributed by atoms with Crippen molar-refractivity contribution in [2.45, 2.75) is 26.8 Å². The molecule has 0 aliphatic heterocycles. The molecule has 1 nitrogen and oxygen atoms in total. The molecule has 1 aromatic rings. The third-order valence-electron chi connectivity index (χ3n) is 1.81. The van der Waals surface area contributed by atoms with Gasteiger partial charge in [-0.3, -0.25) is 0 Å². The van der Waals surface area contributed by atoms with Crippen molar-refractivity contribution in [2.24, 2.45) is 0 Å². The number of thiophene rings is 1. The van der Waals surface area contributed by atoms with Gasteiger partial charge >= 0.3 is 0 Å². The minimum absolute atomic E-state index is 0.477. The molecule has 1 aromatic heterocycles. The van der Waals surface area contributed by atoms with Gasteiger partial charge in [0.2, 0.25) is 0 Å². The fourth-order valence-corrected chi connectivity index (χ4v) is 2.70. The molecule has 3 heteroatoms. The number of hydrogen-bond acceptors (Lipinski definition) is 2. The molecule has 0 fully saturated rings. The van der Waals surface area contributed by atoms with E-state index in [9.17, 15) is 0 Å². The zero-order valence-electron chi connectivity index (χ0n) is 7.65. The van der Waals surface area contributed by atoms with Gasteiger partial charge in [0.15, 0.2) is 0 Å². The maximum absolute atomic E-state index is 3.53. The summed E-state index contributed by atoms with van der Waals surface area (Å²) in [5.74, 6) is 0. The summed E-state index contributed by atoms with van der Waals surface area (Å²) in [5, 5.41) is 3.39. The summed E-state index contributed by atoms with van der Waals surface area (Å²) in [7, 11) is 0. The Kier molecular flexibility index (Phi) is 3.75.